The minimum absolute atomic E-state index is 0.394. The van der Waals surface area contributed by atoms with Crippen molar-refractivity contribution in [3.63, 3.8) is 0 Å². The normalized spacial score (nSPS) is 10.2. The molecule has 0 amide bonds. The van der Waals surface area contributed by atoms with E-state index in [0.29, 0.717) is 11.4 Å². The van der Waals surface area contributed by atoms with E-state index in [2.05, 4.69) is 4.98 Å². The van der Waals surface area contributed by atoms with Crippen molar-refractivity contribution >= 4 is 5.97 Å². The predicted molar refractivity (Wildman–Crippen MR) is 68.1 cm³/mol. The molecule has 6 nitrogen and oxygen atoms in total. The third-order valence-electron chi connectivity index (χ3n) is 2.57. The number of ether oxygens (including phenoxy) is 1. The van der Waals surface area contributed by atoms with Crippen molar-refractivity contribution in [1.29, 1.82) is 0 Å². The number of nitrogens with zero attached hydrogens (tertiary/aromatic N) is 2. The van der Waals surface area contributed by atoms with Crippen LogP contribution in [0, 0.1) is 0 Å². The zero-order chi connectivity index (χ0) is 13.8. The van der Waals surface area contributed by atoms with Crippen LogP contribution in [0.2, 0.25) is 0 Å². The Morgan fingerprint density at radius 2 is 2.05 bits per heavy atom. The number of hydrogen-bond donors (Lipinski definition) is 1. The van der Waals surface area contributed by atoms with Gasteiger partial charge in [0.25, 0.3) is 5.56 Å². The van der Waals surface area contributed by atoms with Gasteiger partial charge in [0.15, 0.2) is 0 Å². The Hall–Kier alpha value is -2.63. The Morgan fingerprint density at radius 3 is 2.58 bits per heavy atom. The topological polar surface area (TPSA) is 81.4 Å². The van der Waals surface area contributed by atoms with E-state index in [1.165, 1.54) is 12.4 Å². The maximum absolute atomic E-state index is 11.7. The van der Waals surface area contributed by atoms with Crippen LogP contribution in [0.15, 0.2) is 41.5 Å². The highest BCUT2D eigenvalue weighted by Gasteiger charge is 2.05. The Morgan fingerprint density at radius 1 is 1.37 bits per heavy atom. The zero-order valence-electron chi connectivity index (χ0n) is 10.2. The van der Waals surface area contributed by atoms with Gasteiger partial charge in [-0.1, -0.05) is 0 Å². The van der Waals surface area contributed by atoms with Gasteiger partial charge in [0.2, 0.25) is 0 Å². The van der Waals surface area contributed by atoms with Gasteiger partial charge in [-0.15, -0.1) is 0 Å². The number of benzene rings is 1. The van der Waals surface area contributed by atoms with E-state index in [9.17, 15) is 9.59 Å². The fourth-order valence-corrected chi connectivity index (χ4v) is 1.61. The first kappa shape index (κ1) is 12.8. The fraction of sp³-hybridized carbons (Fsp3) is 0.154. The number of methoxy groups -OCH3 is 1. The quantitative estimate of drug-likeness (QED) is 0.887. The molecule has 1 aromatic heterocycles. The number of aromatic nitrogens is 2. The van der Waals surface area contributed by atoms with E-state index in [-0.39, 0.29) is 0 Å². The van der Waals surface area contributed by atoms with Gasteiger partial charge in [-0.25, -0.2) is 4.98 Å². The second-order valence-corrected chi connectivity index (χ2v) is 3.86. The Bertz CT molecular complexity index is 646. The van der Waals surface area contributed by atoms with Crippen LogP contribution in [0.1, 0.15) is 0 Å². The van der Waals surface area contributed by atoms with Crippen molar-refractivity contribution in [2.45, 2.75) is 6.54 Å². The smallest absolute Gasteiger partial charge is 0.323 e. The Kier molecular flexibility index (Phi) is 3.61. The standard InChI is InChI=1S/C13H12N2O4/c1-19-10-4-2-9(3-5-10)11-6-12(16)15(8-14-11)7-13(17)18/h2-6,8H,7H2,1H3,(H,17,18). The summed E-state index contributed by atoms with van der Waals surface area (Å²) in [5, 5.41) is 8.63. The van der Waals surface area contributed by atoms with Crippen molar-refractivity contribution in [3.05, 3.63) is 47.0 Å². The van der Waals surface area contributed by atoms with E-state index in [1.807, 2.05) is 0 Å². The average Bonchev–Trinajstić information content (AvgIpc) is 2.41. The van der Waals surface area contributed by atoms with Crippen molar-refractivity contribution in [2.75, 3.05) is 7.11 Å². The molecule has 19 heavy (non-hydrogen) atoms. The third-order valence-corrected chi connectivity index (χ3v) is 2.57. The van der Waals surface area contributed by atoms with Crippen molar-refractivity contribution < 1.29 is 14.6 Å². The summed E-state index contributed by atoms with van der Waals surface area (Å²) in [4.78, 5) is 26.3. The van der Waals surface area contributed by atoms with Crippen LogP contribution in [0.25, 0.3) is 11.3 Å². The van der Waals surface area contributed by atoms with Gasteiger partial charge in [0, 0.05) is 11.6 Å². The first-order chi connectivity index (χ1) is 9.10. The van der Waals surface area contributed by atoms with Crippen LogP contribution in [-0.4, -0.2) is 27.7 Å². The molecule has 0 aliphatic heterocycles. The van der Waals surface area contributed by atoms with Gasteiger partial charge in [-0.05, 0) is 24.3 Å². The summed E-state index contributed by atoms with van der Waals surface area (Å²) in [6.45, 7) is -0.394. The molecule has 0 unspecified atom stereocenters. The van der Waals surface area contributed by atoms with Gasteiger partial charge in [-0.2, -0.15) is 0 Å². The lowest BCUT2D eigenvalue weighted by atomic mass is 10.1. The number of carboxylic acid groups (broad SMARTS) is 1. The summed E-state index contributed by atoms with van der Waals surface area (Å²) in [7, 11) is 1.57. The lowest BCUT2D eigenvalue weighted by molar-refractivity contribution is -0.137. The molecule has 0 radical (unpaired) electrons. The molecular weight excluding hydrogens is 248 g/mol. The van der Waals surface area contributed by atoms with Crippen molar-refractivity contribution in [2.24, 2.45) is 0 Å². The van der Waals surface area contributed by atoms with E-state index in [0.717, 1.165) is 10.1 Å². The largest absolute Gasteiger partial charge is 0.497 e. The molecule has 0 fully saturated rings. The van der Waals surface area contributed by atoms with Crippen LogP contribution in [0.4, 0.5) is 0 Å². The minimum Gasteiger partial charge on any atom is -0.497 e. The van der Waals surface area contributed by atoms with Crippen molar-refractivity contribution in [1.82, 2.24) is 9.55 Å². The lowest BCUT2D eigenvalue weighted by Crippen LogP contribution is -2.23. The van der Waals surface area contributed by atoms with Gasteiger partial charge in [0.05, 0.1) is 19.1 Å². The van der Waals surface area contributed by atoms with Gasteiger partial charge in [0.1, 0.15) is 12.3 Å². The molecule has 0 saturated carbocycles. The molecule has 98 valence electrons. The highest BCUT2D eigenvalue weighted by atomic mass is 16.5. The molecular formula is C13H12N2O4. The third kappa shape index (κ3) is 2.98. The van der Waals surface area contributed by atoms with Crippen LogP contribution >= 0.6 is 0 Å². The summed E-state index contributed by atoms with van der Waals surface area (Å²) in [5.41, 5.74) is 0.859. The molecule has 0 aliphatic carbocycles. The van der Waals surface area contributed by atoms with Crippen LogP contribution < -0.4 is 10.3 Å². The molecule has 1 heterocycles. The number of carbonyl (C=O) groups is 1. The molecule has 0 saturated heterocycles. The molecule has 6 heteroatoms. The lowest BCUT2D eigenvalue weighted by Gasteiger charge is -2.05. The first-order valence-electron chi connectivity index (χ1n) is 5.53. The zero-order valence-corrected chi connectivity index (χ0v) is 10.2. The number of carboxylic acids is 1. The number of rotatable bonds is 4. The molecule has 1 aromatic carbocycles. The van der Waals surface area contributed by atoms with Crippen molar-refractivity contribution in [3.8, 4) is 17.0 Å². The molecule has 0 spiro atoms. The second-order valence-electron chi connectivity index (χ2n) is 3.86. The monoisotopic (exact) mass is 260 g/mol. The second kappa shape index (κ2) is 5.34. The first-order valence-corrected chi connectivity index (χ1v) is 5.53. The maximum atomic E-state index is 11.7. The van der Waals surface area contributed by atoms with Gasteiger partial charge in [-0.3, -0.25) is 14.2 Å². The van der Waals surface area contributed by atoms with Crippen LogP contribution in [0.3, 0.4) is 0 Å². The fourth-order valence-electron chi connectivity index (χ4n) is 1.61. The van der Waals surface area contributed by atoms with E-state index in [4.69, 9.17) is 9.84 Å². The minimum atomic E-state index is -1.08. The van der Waals surface area contributed by atoms with Crippen LogP contribution in [0.5, 0.6) is 5.75 Å². The summed E-state index contributed by atoms with van der Waals surface area (Å²) in [5.74, 6) is -0.371. The van der Waals surface area contributed by atoms with E-state index < -0.39 is 18.1 Å². The SMILES string of the molecule is COc1ccc(-c2cc(=O)n(CC(=O)O)cn2)cc1. The summed E-state index contributed by atoms with van der Waals surface area (Å²) in [6, 6.07) is 8.40. The van der Waals surface area contributed by atoms with E-state index in [1.54, 1.807) is 31.4 Å². The Balaban J connectivity index is 2.33. The molecule has 2 rings (SSSR count). The molecule has 1 N–H and O–H groups in total. The van der Waals surface area contributed by atoms with Gasteiger partial charge >= 0.3 is 5.97 Å². The van der Waals surface area contributed by atoms with Gasteiger partial charge < -0.3 is 9.84 Å². The highest BCUT2D eigenvalue weighted by Crippen LogP contribution is 2.18. The van der Waals surface area contributed by atoms with Crippen LogP contribution in [-0.2, 0) is 11.3 Å². The Labute approximate surface area is 108 Å². The summed E-state index contributed by atoms with van der Waals surface area (Å²) >= 11 is 0. The maximum Gasteiger partial charge on any atom is 0.323 e. The highest BCUT2D eigenvalue weighted by molar-refractivity contribution is 5.66. The number of aliphatic carboxylic acids is 1. The summed E-state index contributed by atoms with van der Waals surface area (Å²) in [6.07, 6.45) is 1.23. The molecule has 0 bridgehead atoms. The molecule has 2 aromatic rings. The molecule has 0 atom stereocenters. The van der Waals surface area contributed by atoms with E-state index >= 15 is 0 Å². The average molecular weight is 260 g/mol. The summed E-state index contributed by atoms with van der Waals surface area (Å²) < 4.78 is 6.08. The molecule has 0 aliphatic rings. The predicted octanol–water partition coefficient (Wildman–Crippen LogP) is 1.00. The number of hydrogen-bond acceptors (Lipinski definition) is 4.